The predicted octanol–water partition coefficient (Wildman–Crippen LogP) is 1.64. The average Bonchev–Trinajstić information content (AvgIpc) is 3.49. The lowest BCUT2D eigenvalue weighted by atomic mass is 9.69. The Labute approximate surface area is 306 Å². The van der Waals surface area contributed by atoms with Gasteiger partial charge in [-0.1, -0.05) is 19.1 Å². The molecule has 0 radical (unpaired) electrons. The van der Waals surface area contributed by atoms with Gasteiger partial charge < -0.3 is 40.0 Å². The molecule has 0 aliphatic carbocycles. The number of nitrogens with zero attached hydrogens (tertiary/aromatic N) is 4. The van der Waals surface area contributed by atoms with Crippen LogP contribution in [0.1, 0.15) is 74.1 Å². The zero-order valence-electron chi connectivity index (χ0n) is 30.4. The summed E-state index contributed by atoms with van der Waals surface area (Å²) in [7, 11) is -1.10. The van der Waals surface area contributed by atoms with Gasteiger partial charge in [-0.15, -0.1) is 0 Å². The highest BCUT2D eigenvalue weighted by Gasteiger charge is 2.35. The number of aromatic nitrogens is 2. The number of carbonyl (C=O) groups excluding carboxylic acids is 2. The molecule has 5 heterocycles. The Kier molecular flexibility index (Phi) is 9.39. The van der Waals surface area contributed by atoms with E-state index in [-0.39, 0.29) is 48.9 Å². The lowest BCUT2D eigenvalue weighted by Crippen LogP contribution is -2.54. The van der Waals surface area contributed by atoms with Gasteiger partial charge in [-0.25, -0.2) is 9.78 Å². The van der Waals surface area contributed by atoms with Crippen LogP contribution in [0.5, 0.6) is 5.75 Å². The van der Waals surface area contributed by atoms with Crippen molar-refractivity contribution in [3.05, 3.63) is 86.2 Å². The number of hydrazone groups is 1. The smallest absolute Gasteiger partial charge is 0.467 e. The zero-order valence-corrected chi connectivity index (χ0v) is 30.4. The molecule has 0 spiro atoms. The van der Waals surface area contributed by atoms with Crippen LogP contribution in [0.25, 0.3) is 22.3 Å². The third kappa shape index (κ3) is 7.17. The fourth-order valence-electron chi connectivity index (χ4n) is 6.84. The fraction of sp³-hybridized carbons (Fsp3) is 0.395. The number of amides is 1. The van der Waals surface area contributed by atoms with Crippen LogP contribution in [0, 0.1) is 0 Å². The molecule has 53 heavy (non-hydrogen) atoms. The summed E-state index contributed by atoms with van der Waals surface area (Å²) in [6.07, 6.45) is 0.797. The van der Waals surface area contributed by atoms with Gasteiger partial charge in [0.25, 0.3) is 5.56 Å². The van der Waals surface area contributed by atoms with Crippen LogP contribution in [-0.4, -0.2) is 80.6 Å². The highest BCUT2D eigenvalue weighted by atomic mass is 16.5. The van der Waals surface area contributed by atoms with E-state index in [1.165, 1.54) is 4.92 Å². The van der Waals surface area contributed by atoms with Crippen LogP contribution < -0.4 is 26.8 Å². The molecule has 14 nitrogen and oxygen atoms in total. The molecule has 0 fully saturated rings. The molecule has 4 aromatic rings. The maximum absolute atomic E-state index is 13.4. The van der Waals surface area contributed by atoms with Crippen LogP contribution in [0.2, 0.25) is 0 Å². The van der Waals surface area contributed by atoms with Gasteiger partial charge in [0.15, 0.2) is 6.10 Å². The molecular formula is C38H43BN6O8. The molecule has 0 saturated heterocycles. The van der Waals surface area contributed by atoms with Crippen LogP contribution in [-0.2, 0) is 45.2 Å². The minimum atomic E-state index is -1.51. The van der Waals surface area contributed by atoms with Crippen LogP contribution in [0.3, 0.4) is 0 Å². The van der Waals surface area contributed by atoms with Crippen molar-refractivity contribution in [2.45, 2.75) is 78.0 Å². The van der Waals surface area contributed by atoms with E-state index < -0.39 is 30.3 Å². The molecule has 15 heteroatoms. The number of ether oxygens (including phenoxy) is 3. The van der Waals surface area contributed by atoms with Crippen molar-refractivity contribution in [3.63, 3.8) is 0 Å². The number of nitrogens with one attached hydrogen (secondary N) is 1. The molecule has 3 aliphatic rings. The van der Waals surface area contributed by atoms with Crippen LogP contribution >= 0.6 is 0 Å². The molecule has 276 valence electrons. The van der Waals surface area contributed by atoms with Crippen LogP contribution in [0.15, 0.2) is 52.4 Å². The van der Waals surface area contributed by atoms with Gasteiger partial charge in [-0.2, -0.15) is 5.10 Å². The molecule has 7 rings (SSSR count). The molecule has 1 atom stereocenters. The Hall–Kier alpha value is -5.09. The lowest BCUT2D eigenvalue weighted by molar-refractivity contribution is -0.157. The highest BCUT2D eigenvalue weighted by Crippen LogP contribution is 2.39. The molecule has 1 unspecified atom stereocenters. The summed E-state index contributed by atoms with van der Waals surface area (Å²) in [6, 6.07) is 12.9. The zero-order chi connectivity index (χ0) is 37.8. The molecule has 0 saturated carbocycles. The fourth-order valence-corrected chi connectivity index (χ4v) is 6.84. The van der Waals surface area contributed by atoms with E-state index in [0.717, 1.165) is 33.2 Å². The first-order chi connectivity index (χ1) is 25.1. The number of aryl methyl sites for hydroxylation is 1. The monoisotopic (exact) mass is 722 g/mol. The molecule has 1 amide bonds. The number of aliphatic hydroxyl groups excluding tert-OH is 1. The molecule has 2 aromatic heterocycles. The third-order valence-electron chi connectivity index (χ3n) is 9.71. The van der Waals surface area contributed by atoms with Gasteiger partial charge in [0.1, 0.15) is 25.5 Å². The van der Waals surface area contributed by atoms with E-state index in [2.05, 4.69) is 10.4 Å². The number of benzene rings is 2. The number of carbonyl (C=O) groups is 2. The number of esters is 1. The summed E-state index contributed by atoms with van der Waals surface area (Å²) in [6.45, 7) is 10.4. The highest BCUT2D eigenvalue weighted by molar-refractivity contribution is 6.65. The summed E-state index contributed by atoms with van der Waals surface area (Å²) >= 11 is 0. The lowest BCUT2D eigenvalue weighted by Gasteiger charge is -2.31. The standard InChI is InChI=1S/C38H43BN6O8/c1-6-24-25-12-23(8-10-30(25)43-33-27(24)15-44-31(33)13-26-28(35(44)48)18-52-36(49)34(26)47)51-17-21-7-9-29-22(11-21)14-42-45(39(29)50)16-32(46)41-19-38(4,5)53-20-37(2,3)40/h7-14,34,47,50H,6,15-20,40H2,1-5H3,(H,41,46). The number of aliphatic hydroxyl groups is 1. The number of rotatable bonds is 11. The number of fused-ring (bicyclic) bond motifs is 6. The SMILES string of the molecule is CCc1c2c(nc3ccc(OCc4ccc5c(c4)C=NN(CC(=O)NCC(C)(C)OCC(C)(C)N)B5O)cc13)-c1cc3c(c(=O)n1C2)COC(=O)C3O. The summed E-state index contributed by atoms with van der Waals surface area (Å²) in [5.41, 5.74) is 11.3. The van der Waals surface area contributed by atoms with Crippen molar-refractivity contribution >= 4 is 41.5 Å². The first-order valence-electron chi connectivity index (χ1n) is 17.6. The second-order valence-corrected chi connectivity index (χ2v) is 15.1. The summed E-state index contributed by atoms with van der Waals surface area (Å²) in [5, 5.41) is 29.6. The normalized spacial score (nSPS) is 16.2. The minimum Gasteiger partial charge on any atom is -0.489 e. The Morgan fingerprint density at radius 2 is 1.92 bits per heavy atom. The van der Waals surface area contributed by atoms with Gasteiger partial charge in [-0.3, -0.25) is 14.5 Å². The number of cyclic esters (lactones) is 1. The minimum absolute atomic E-state index is 0.135. The van der Waals surface area contributed by atoms with E-state index in [0.29, 0.717) is 42.2 Å². The third-order valence-corrected chi connectivity index (χ3v) is 9.71. The van der Waals surface area contributed by atoms with Crippen LogP contribution in [0.4, 0.5) is 0 Å². The summed E-state index contributed by atoms with van der Waals surface area (Å²) in [4.78, 5) is 44.4. The second-order valence-electron chi connectivity index (χ2n) is 15.1. The maximum atomic E-state index is 13.4. The Morgan fingerprint density at radius 3 is 2.68 bits per heavy atom. The second kappa shape index (κ2) is 13.7. The molecule has 3 aliphatic heterocycles. The maximum Gasteiger partial charge on any atom is 0.467 e. The van der Waals surface area contributed by atoms with Crippen molar-refractivity contribution in [3.8, 4) is 17.1 Å². The first-order valence-corrected chi connectivity index (χ1v) is 17.6. The summed E-state index contributed by atoms with van der Waals surface area (Å²) < 4.78 is 18.7. The van der Waals surface area contributed by atoms with Gasteiger partial charge in [0.2, 0.25) is 5.91 Å². The van der Waals surface area contributed by atoms with E-state index in [1.54, 1.807) is 16.8 Å². The molecule has 0 bridgehead atoms. The predicted molar refractivity (Wildman–Crippen MR) is 199 cm³/mol. The first kappa shape index (κ1) is 36.3. The number of hydrogen-bond acceptors (Lipinski definition) is 12. The Morgan fingerprint density at radius 1 is 1.13 bits per heavy atom. The van der Waals surface area contributed by atoms with Gasteiger partial charge >= 0.3 is 13.0 Å². The number of hydrogen-bond donors (Lipinski definition) is 4. The van der Waals surface area contributed by atoms with Crippen molar-refractivity contribution in [2.75, 3.05) is 19.7 Å². The number of pyridine rings is 2. The van der Waals surface area contributed by atoms with Gasteiger partial charge in [0.05, 0.1) is 47.4 Å². The molecular weight excluding hydrogens is 679 g/mol. The van der Waals surface area contributed by atoms with E-state index in [9.17, 15) is 24.5 Å². The van der Waals surface area contributed by atoms with Crippen molar-refractivity contribution in [2.24, 2.45) is 10.8 Å². The van der Waals surface area contributed by atoms with Crippen molar-refractivity contribution in [1.29, 1.82) is 0 Å². The Balaban J connectivity index is 1.03. The van der Waals surface area contributed by atoms with Crippen molar-refractivity contribution < 1.29 is 33.9 Å². The summed E-state index contributed by atoms with van der Waals surface area (Å²) in [5.74, 6) is -0.433. The van der Waals surface area contributed by atoms with Gasteiger partial charge in [0, 0.05) is 28.6 Å². The quantitative estimate of drug-likeness (QED) is 0.115. The average molecular weight is 723 g/mol. The van der Waals surface area contributed by atoms with E-state index in [4.69, 9.17) is 24.9 Å². The van der Waals surface area contributed by atoms with Crippen molar-refractivity contribution in [1.82, 2.24) is 19.8 Å². The molecule has 2 aromatic carbocycles. The largest absolute Gasteiger partial charge is 0.489 e. The topological polar surface area (TPSA) is 191 Å². The van der Waals surface area contributed by atoms with E-state index in [1.807, 2.05) is 71.0 Å². The van der Waals surface area contributed by atoms with E-state index >= 15 is 0 Å². The molecule has 5 N–H and O–H groups in total. The van der Waals surface area contributed by atoms with Gasteiger partial charge in [-0.05, 0) is 86.6 Å². The number of nitrogens with two attached hydrogens (primary N) is 1. The Bertz CT molecular complexity index is 2230.